The summed E-state index contributed by atoms with van der Waals surface area (Å²) in [6.07, 6.45) is 2.23. The van der Waals surface area contributed by atoms with Gasteiger partial charge in [0.25, 0.3) is 5.91 Å². The summed E-state index contributed by atoms with van der Waals surface area (Å²) in [4.78, 5) is 31.2. The molecule has 8 heteroatoms. The second kappa shape index (κ2) is 7.20. The molecular weight excluding hydrogens is 332 g/mol. The number of nitrogens with two attached hydrogens (primary N) is 1. The maximum Gasteiger partial charge on any atom is 0.267 e. The van der Waals surface area contributed by atoms with Gasteiger partial charge in [0.2, 0.25) is 5.91 Å². The van der Waals surface area contributed by atoms with Crippen LogP contribution in [-0.4, -0.2) is 40.8 Å². The van der Waals surface area contributed by atoms with E-state index >= 15 is 0 Å². The molecule has 1 saturated heterocycles. The van der Waals surface area contributed by atoms with Crippen molar-refractivity contribution < 1.29 is 9.59 Å². The molecule has 3 N–H and O–H groups in total. The summed E-state index contributed by atoms with van der Waals surface area (Å²) in [5.41, 5.74) is 6.39. The number of rotatable bonds is 5. The number of hydrogen-bond acceptors (Lipinski definition) is 6. The monoisotopic (exact) mass is 350 g/mol. The number of likely N-dealkylation sites (tertiary alicyclic amines) is 1. The van der Waals surface area contributed by atoms with E-state index in [2.05, 4.69) is 10.3 Å². The van der Waals surface area contributed by atoms with Crippen LogP contribution in [0.1, 0.15) is 28.2 Å². The number of carbonyl (C=O) groups is 2. The van der Waals surface area contributed by atoms with E-state index in [0.717, 1.165) is 19.4 Å². The average molecular weight is 350 g/mol. The summed E-state index contributed by atoms with van der Waals surface area (Å²) in [7, 11) is 0. The Hall–Kier alpha value is -1.77. The highest BCUT2D eigenvalue weighted by Crippen LogP contribution is 2.21. The molecule has 122 valence electrons. The Morgan fingerprint density at radius 3 is 3.04 bits per heavy atom. The highest BCUT2D eigenvalue weighted by molar-refractivity contribution is 7.14. The van der Waals surface area contributed by atoms with E-state index in [1.807, 2.05) is 21.7 Å². The number of nitrogens with zero attached hydrogens (tertiary/aromatic N) is 2. The van der Waals surface area contributed by atoms with Gasteiger partial charge < -0.3 is 10.6 Å². The maximum atomic E-state index is 12.4. The lowest BCUT2D eigenvalue weighted by molar-refractivity contribution is -0.131. The molecule has 1 aliphatic heterocycles. The molecule has 3 heterocycles. The van der Waals surface area contributed by atoms with Crippen molar-refractivity contribution in [2.24, 2.45) is 5.73 Å². The largest absolute Gasteiger partial charge is 0.338 e. The molecule has 0 aliphatic carbocycles. The Bertz CT molecular complexity index is 683. The van der Waals surface area contributed by atoms with Gasteiger partial charge >= 0.3 is 0 Å². The normalized spacial score (nSPS) is 17.4. The van der Waals surface area contributed by atoms with Crippen LogP contribution in [0.5, 0.6) is 0 Å². The first kappa shape index (κ1) is 16.1. The van der Waals surface area contributed by atoms with Crippen LogP contribution in [0.3, 0.4) is 0 Å². The van der Waals surface area contributed by atoms with Crippen molar-refractivity contribution in [3.63, 3.8) is 0 Å². The Balaban J connectivity index is 1.59. The van der Waals surface area contributed by atoms with E-state index in [0.29, 0.717) is 22.2 Å². The molecule has 1 unspecified atom stereocenters. The zero-order valence-electron chi connectivity index (χ0n) is 12.5. The number of carbonyl (C=O) groups excluding carboxylic acids is 2. The third-order valence-electron chi connectivity index (χ3n) is 3.82. The fraction of sp³-hybridized carbons (Fsp3) is 0.400. The summed E-state index contributed by atoms with van der Waals surface area (Å²) in [6.45, 7) is 1.28. The molecule has 1 aliphatic rings. The summed E-state index contributed by atoms with van der Waals surface area (Å²) in [6, 6.07) is 3.74. The van der Waals surface area contributed by atoms with Crippen molar-refractivity contribution >= 4 is 39.6 Å². The van der Waals surface area contributed by atoms with Crippen molar-refractivity contribution in [2.45, 2.75) is 25.3 Å². The van der Waals surface area contributed by atoms with Crippen LogP contribution in [0.2, 0.25) is 0 Å². The first-order valence-electron chi connectivity index (χ1n) is 7.46. The van der Waals surface area contributed by atoms with Gasteiger partial charge in [-0.15, -0.1) is 22.7 Å². The van der Waals surface area contributed by atoms with Crippen molar-refractivity contribution in [2.75, 3.05) is 18.4 Å². The van der Waals surface area contributed by atoms with E-state index in [1.165, 1.54) is 22.7 Å². The molecule has 0 radical (unpaired) electrons. The van der Waals surface area contributed by atoms with Gasteiger partial charge in [0.15, 0.2) is 5.13 Å². The lowest BCUT2D eigenvalue weighted by Gasteiger charge is -2.23. The molecule has 23 heavy (non-hydrogen) atoms. The van der Waals surface area contributed by atoms with Crippen molar-refractivity contribution in [1.29, 1.82) is 0 Å². The standard InChI is InChI=1S/C15H18N4O2S2/c16-8-11-3-1-5-19(11)13(20)7-10-9-23-15(17-10)18-14(21)12-4-2-6-22-12/h2,4,6,9,11H,1,3,5,7-8,16H2,(H,17,18,21). The van der Waals surface area contributed by atoms with Gasteiger partial charge in [0.05, 0.1) is 17.0 Å². The molecule has 0 aromatic carbocycles. The van der Waals surface area contributed by atoms with E-state index < -0.39 is 0 Å². The number of thiazole rings is 1. The summed E-state index contributed by atoms with van der Waals surface area (Å²) in [5.74, 6) is -0.116. The summed E-state index contributed by atoms with van der Waals surface area (Å²) >= 11 is 2.71. The Morgan fingerprint density at radius 1 is 1.43 bits per heavy atom. The first-order valence-corrected chi connectivity index (χ1v) is 9.22. The maximum absolute atomic E-state index is 12.4. The molecule has 2 aromatic heterocycles. The lowest BCUT2D eigenvalue weighted by Crippen LogP contribution is -2.40. The molecule has 0 spiro atoms. The predicted octanol–water partition coefficient (Wildman–Crippen LogP) is 1.95. The van der Waals surface area contributed by atoms with E-state index in [9.17, 15) is 9.59 Å². The fourth-order valence-corrected chi connectivity index (χ4v) is 4.00. The first-order chi connectivity index (χ1) is 11.2. The quantitative estimate of drug-likeness (QED) is 0.863. The Labute approximate surface area is 142 Å². The van der Waals surface area contributed by atoms with Crippen LogP contribution < -0.4 is 11.1 Å². The van der Waals surface area contributed by atoms with Gasteiger partial charge in [-0.3, -0.25) is 14.9 Å². The molecule has 6 nitrogen and oxygen atoms in total. The SMILES string of the molecule is NCC1CCCN1C(=O)Cc1csc(NC(=O)c2cccs2)n1. The second-order valence-electron chi connectivity index (χ2n) is 5.37. The van der Waals surface area contributed by atoms with E-state index in [1.54, 1.807) is 6.07 Å². The topological polar surface area (TPSA) is 88.3 Å². The summed E-state index contributed by atoms with van der Waals surface area (Å²) < 4.78 is 0. The van der Waals surface area contributed by atoms with Gasteiger partial charge in [-0.05, 0) is 24.3 Å². The number of amides is 2. The number of anilines is 1. The molecule has 3 rings (SSSR count). The van der Waals surface area contributed by atoms with Crippen LogP contribution in [0, 0.1) is 0 Å². The third-order valence-corrected chi connectivity index (χ3v) is 5.49. The van der Waals surface area contributed by atoms with Crippen LogP contribution in [0.25, 0.3) is 0 Å². The minimum absolute atomic E-state index is 0.0550. The number of aromatic nitrogens is 1. The van der Waals surface area contributed by atoms with Crippen molar-refractivity contribution in [3.8, 4) is 0 Å². The highest BCUT2D eigenvalue weighted by atomic mass is 32.1. The predicted molar refractivity (Wildman–Crippen MR) is 91.9 cm³/mol. The third kappa shape index (κ3) is 3.77. The molecule has 0 saturated carbocycles. The van der Waals surface area contributed by atoms with Crippen molar-refractivity contribution in [1.82, 2.24) is 9.88 Å². The number of nitrogens with one attached hydrogen (secondary N) is 1. The van der Waals surface area contributed by atoms with Crippen LogP contribution in [0.15, 0.2) is 22.9 Å². The van der Waals surface area contributed by atoms with Crippen molar-refractivity contribution in [3.05, 3.63) is 33.5 Å². The number of hydrogen-bond donors (Lipinski definition) is 2. The van der Waals surface area contributed by atoms with Gasteiger partial charge in [0.1, 0.15) is 0 Å². The Morgan fingerprint density at radius 2 is 2.30 bits per heavy atom. The Kier molecular flexibility index (Phi) is 5.04. The van der Waals surface area contributed by atoms with Gasteiger partial charge in [-0.2, -0.15) is 0 Å². The van der Waals surface area contributed by atoms with Crippen LogP contribution >= 0.6 is 22.7 Å². The zero-order chi connectivity index (χ0) is 16.2. The number of thiophene rings is 1. The summed E-state index contributed by atoms with van der Waals surface area (Å²) in [5, 5.41) is 6.94. The molecule has 2 amide bonds. The van der Waals surface area contributed by atoms with Crippen LogP contribution in [-0.2, 0) is 11.2 Å². The van der Waals surface area contributed by atoms with E-state index in [4.69, 9.17) is 5.73 Å². The molecule has 1 atom stereocenters. The zero-order valence-corrected chi connectivity index (χ0v) is 14.2. The molecule has 2 aromatic rings. The molecular formula is C15H18N4O2S2. The fourth-order valence-electron chi connectivity index (χ4n) is 2.68. The van der Waals surface area contributed by atoms with Crippen LogP contribution in [0.4, 0.5) is 5.13 Å². The molecule has 0 bridgehead atoms. The molecule has 1 fully saturated rings. The lowest BCUT2D eigenvalue weighted by atomic mass is 10.2. The smallest absolute Gasteiger partial charge is 0.267 e. The minimum atomic E-state index is -0.171. The van der Waals surface area contributed by atoms with Gasteiger partial charge in [-0.25, -0.2) is 4.98 Å². The van der Waals surface area contributed by atoms with Gasteiger partial charge in [0, 0.05) is 24.5 Å². The van der Waals surface area contributed by atoms with E-state index in [-0.39, 0.29) is 24.3 Å². The minimum Gasteiger partial charge on any atom is -0.338 e. The highest BCUT2D eigenvalue weighted by Gasteiger charge is 2.27. The average Bonchev–Trinajstić information content (AvgIpc) is 3.28. The second-order valence-corrected chi connectivity index (χ2v) is 7.18. The van der Waals surface area contributed by atoms with Gasteiger partial charge in [-0.1, -0.05) is 6.07 Å².